The Hall–Kier alpha value is -1.90. The lowest BCUT2D eigenvalue weighted by Crippen LogP contribution is -2.12. The molecule has 0 aliphatic heterocycles. The molecule has 1 aromatic carbocycles. The fraction of sp³-hybridized carbons (Fsp3) is 0.375. The summed E-state index contributed by atoms with van der Waals surface area (Å²) in [5.41, 5.74) is 3.33. The normalized spacial score (nSPS) is 10.4. The maximum Gasteiger partial charge on any atom is 0.338 e. The van der Waals surface area contributed by atoms with E-state index >= 15 is 0 Å². The van der Waals surface area contributed by atoms with Crippen molar-refractivity contribution < 1.29 is 14.3 Å². The summed E-state index contributed by atoms with van der Waals surface area (Å²) < 4.78 is 4.85. The van der Waals surface area contributed by atoms with Gasteiger partial charge < -0.3 is 4.74 Å². The first-order chi connectivity index (χ1) is 8.81. The summed E-state index contributed by atoms with van der Waals surface area (Å²) in [6, 6.07) is 3.72. The number of esters is 1. The number of Topliss-reactive ketones (excluding diaryl/α,β-unsaturated/α-hetero) is 1. The van der Waals surface area contributed by atoms with Gasteiger partial charge in [-0.3, -0.25) is 4.79 Å². The van der Waals surface area contributed by atoms with Crippen molar-refractivity contribution in [3.05, 3.63) is 41.0 Å². The molecule has 0 N–H and O–H groups in total. The van der Waals surface area contributed by atoms with Gasteiger partial charge in [0.25, 0.3) is 0 Å². The molecule has 19 heavy (non-hydrogen) atoms. The second kappa shape index (κ2) is 5.83. The van der Waals surface area contributed by atoms with Crippen LogP contribution >= 0.6 is 0 Å². The molecule has 0 amide bonds. The summed E-state index contributed by atoms with van der Waals surface area (Å²) in [6.07, 6.45) is 0. The fourth-order valence-corrected chi connectivity index (χ4v) is 2.10. The average molecular weight is 260 g/mol. The molecule has 3 heteroatoms. The highest BCUT2D eigenvalue weighted by atomic mass is 16.5. The van der Waals surface area contributed by atoms with E-state index in [1.54, 1.807) is 0 Å². The van der Waals surface area contributed by atoms with E-state index in [-0.39, 0.29) is 17.7 Å². The fourth-order valence-electron chi connectivity index (χ4n) is 2.10. The number of rotatable bonds is 4. The van der Waals surface area contributed by atoms with Crippen molar-refractivity contribution in [3.63, 3.8) is 0 Å². The van der Waals surface area contributed by atoms with Gasteiger partial charge in [0, 0.05) is 5.57 Å². The molecule has 1 rings (SSSR count). The molecule has 0 spiro atoms. The summed E-state index contributed by atoms with van der Waals surface area (Å²) in [4.78, 5) is 23.4. The van der Waals surface area contributed by atoms with Crippen LogP contribution in [0.4, 0.5) is 0 Å². The number of ether oxygens (including phenoxy) is 1. The maximum absolute atomic E-state index is 12.0. The van der Waals surface area contributed by atoms with Crippen molar-refractivity contribution in [3.8, 4) is 0 Å². The number of carbonyl (C=O) groups is 2. The van der Waals surface area contributed by atoms with Gasteiger partial charge in [-0.15, -0.1) is 0 Å². The van der Waals surface area contributed by atoms with Crippen LogP contribution in [0.3, 0.4) is 0 Å². The van der Waals surface area contributed by atoms with Crippen LogP contribution in [0.1, 0.15) is 53.7 Å². The third-order valence-corrected chi connectivity index (χ3v) is 3.26. The Morgan fingerprint density at radius 3 is 2.26 bits per heavy atom. The quantitative estimate of drug-likeness (QED) is 0.614. The Morgan fingerprint density at radius 1 is 1.26 bits per heavy atom. The van der Waals surface area contributed by atoms with Gasteiger partial charge >= 0.3 is 5.97 Å². The summed E-state index contributed by atoms with van der Waals surface area (Å²) in [6.45, 7) is 11.1. The monoisotopic (exact) mass is 260 g/mol. The van der Waals surface area contributed by atoms with E-state index < -0.39 is 0 Å². The summed E-state index contributed by atoms with van der Waals surface area (Å²) in [5, 5.41) is 0. The van der Waals surface area contributed by atoms with Crippen LogP contribution in [-0.4, -0.2) is 18.9 Å². The smallest absolute Gasteiger partial charge is 0.338 e. The molecule has 0 aliphatic carbocycles. The third-order valence-electron chi connectivity index (χ3n) is 3.26. The van der Waals surface area contributed by atoms with Gasteiger partial charge in [-0.25, -0.2) is 4.79 Å². The van der Waals surface area contributed by atoms with Gasteiger partial charge in [0.15, 0.2) is 5.78 Å². The standard InChI is InChI=1S/C16H20O3/c1-9(2)13-7-8-14(10(3)12(5)17)11(4)15(13)16(18)19-6/h7-9H,3H2,1-2,4-6H3. The van der Waals surface area contributed by atoms with Crippen LogP contribution in [0.5, 0.6) is 0 Å². The number of benzene rings is 1. The van der Waals surface area contributed by atoms with Crippen molar-refractivity contribution in [2.24, 2.45) is 0 Å². The number of methoxy groups -OCH3 is 1. The van der Waals surface area contributed by atoms with E-state index in [0.29, 0.717) is 16.7 Å². The number of hydrogen-bond acceptors (Lipinski definition) is 3. The molecule has 3 nitrogen and oxygen atoms in total. The Bertz CT molecular complexity index is 539. The summed E-state index contributed by atoms with van der Waals surface area (Å²) >= 11 is 0. The van der Waals surface area contributed by atoms with E-state index in [1.165, 1.54) is 14.0 Å². The van der Waals surface area contributed by atoms with E-state index in [1.807, 2.05) is 32.9 Å². The van der Waals surface area contributed by atoms with Crippen molar-refractivity contribution >= 4 is 17.3 Å². The molecule has 0 radical (unpaired) electrons. The first kappa shape index (κ1) is 15.2. The Morgan fingerprint density at radius 2 is 1.84 bits per heavy atom. The van der Waals surface area contributed by atoms with Crippen LogP contribution in [0.25, 0.3) is 5.57 Å². The third kappa shape index (κ3) is 2.92. The maximum atomic E-state index is 12.0. The molecule has 0 fully saturated rings. The van der Waals surface area contributed by atoms with Crippen LogP contribution in [0.2, 0.25) is 0 Å². The molecule has 102 valence electrons. The summed E-state index contributed by atoms with van der Waals surface area (Å²) in [5.74, 6) is -0.275. The molecule has 0 bridgehead atoms. The highest BCUT2D eigenvalue weighted by molar-refractivity contribution is 6.19. The van der Waals surface area contributed by atoms with Crippen LogP contribution in [-0.2, 0) is 9.53 Å². The highest BCUT2D eigenvalue weighted by Crippen LogP contribution is 2.29. The molecule has 0 saturated heterocycles. The molecule has 0 aliphatic rings. The first-order valence-electron chi connectivity index (χ1n) is 6.23. The minimum atomic E-state index is -0.376. The summed E-state index contributed by atoms with van der Waals surface area (Å²) in [7, 11) is 1.36. The second-order valence-corrected chi connectivity index (χ2v) is 4.88. The number of ketones is 1. The molecular formula is C16H20O3. The van der Waals surface area contributed by atoms with Crippen LogP contribution in [0, 0.1) is 6.92 Å². The zero-order chi connectivity index (χ0) is 14.7. The number of allylic oxidation sites excluding steroid dienone is 1. The molecule has 0 heterocycles. The zero-order valence-electron chi connectivity index (χ0n) is 12.2. The molecule has 1 aromatic rings. The lowest BCUT2D eigenvalue weighted by atomic mass is 9.88. The first-order valence-corrected chi connectivity index (χ1v) is 6.23. The Kier molecular flexibility index (Phi) is 4.65. The number of carbonyl (C=O) groups excluding carboxylic acids is 2. The predicted molar refractivity (Wildman–Crippen MR) is 76.3 cm³/mol. The number of hydrogen-bond donors (Lipinski definition) is 0. The SMILES string of the molecule is C=C(C(C)=O)c1ccc(C(C)C)c(C(=O)OC)c1C. The van der Waals surface area contributed by atoms with Gasteiger partial charge in [-0.2, -0.15) is 0 Å². The Labute approximate surface area is 114 Å². The molecule has 0 unspecified atom stereocenters. The van der Waals surface area contributed by atoms with Crippen molar-refractivity contribution in [2.75, 3.05) is 7.11 Å². The van der Waals surface area contributed by atoms with E-state index in [2.05, 4.69) is 6.58 Å². The predicted octanol–water partition coefficient (Wildman–Crippen LogP) is 3.51. The minimum absolute atomic E-state index is 0.101. The van der Waals surface area contributed by atoms with Gasteiger partial charge in [0.05, 0.1) is 12.7 Å². The lowest BCUT2D eigenvalue weighted by Gasteiger charge is -2.17. The second-order valence-electron chi connectivity index (χ2n) is 4.88. The topological polar surface area (TPSA) is 43.4 Å². The van der Waals surface area contributed by atoms with Crippen molar-refractivity contribution in [1.29, 1.82) is 0 Å². The van der Waals surface area contributed by atoms with E-state index in [0.717, 1.165) is 11.1 Å². The highest BCUT2D eigenvalue weighted by Gasteiger charge is 2.21. The minimum Gasteiger partial charge on any atom is -0.465 e. The molecular weight excluding hydrogens is 240 g/mol. The average Bonchev–Trinajstić information content (AvgIpc) is 2.36. The molecule has 0 saturated carbocycles. The van der Waals surface area contributed by atoms with Crippen molar-refractivity contribution in [2.45, 2.75) is 33.6 Å². The molecule has 0 atom stereocenters. The van der Waals surface area contributed by atoms with Gasteiger partial charge in [-0.05, 0) is 36.5 Å². The van der Waals surface area contributed by atoms with E-state index in [9.17, 15) is 9.59 Å². The zero-order valence-corrected chi connectivity index (χ0v) is 12.2. The van der Waals surface area contributed by atoms with Crippen molar-refractivity contribution in [1.82, 2.24) is 0 Å². The largest absolute Gasteiger partial charge is 0.465 e. The van der Waals surface area contributed by atoms with Gasteiger partial charge in [-0.1, -0.05) is 32.6 Å². The van der Waals surface area contributed by atoms with Crippen LogP contribution in [0.15, 0.2) is 18.7 Å². The van der Waals surface area contributed by atoms with Gasteiger partial charge in [0.1, 0.15) is 0 Å². The Balaban J connectivity index is 3.55. The molecule has 0 aromatic heterocycles. The van der Waals surface area contributed by atoms with Crippen LogP contribution < -0.4 is 0 Å². The van der Waals surface area contributed by atoms with E-state index in [4.69, 9.17) is 4.74 Å². The van der Waals surface area contributed by atoms with Gasteiger partial charge in [0.2, 0.25) is 0 Å². The lowest BCUT2D eigenvalue weighted by molar-refractivity contribution is -0.111.